The molecule has 29 heavy (non-hydrogen) atoms. The van der Waals surface area contributed by atoms with E-state index in [0.29, 0.717) is 29.5 Å². The summed E-state index contributed by atoms with van der Waals surface area (Å²) >= 11 is 0. The molecule has 0 aliphatic heterocycles. The van der Waals surface area contributed by atoms with E-state index in [-0.39, 0.29) is 11.3 Å². The minimum Gasteiger partial charge on any atom is -0.421 e. The Labute approximate surface area is 168 Å². The van der Waals surface area contributed by atoms with Crippen LogP contribution in [0.5, 0.6) is 5.75 Å². The zero-order chi connectivity index (χ0) is 20.2. The van der Waals surface area contributed by atoms with Crippen molar-refractivity contribution < 1.29 is 9.53 Å². The number of ether oxygens (including phenoxy) is 1. The molecule has 0 unspecified atom stereocenters. The first-order chi connectivity index (χ1) is 14.2. The van der Waals surface area contributed by atoms with Gasteiger partial charge >= 0.3 is 5.97 Å². The van der Waals surface area contributed by atoms with E-state index in [1.54, 1.807) is 30.3 Å². The Morgan fingerprint density at radius 1 is 0.897 bits per heavy atom. The maximum absolute atomic E-state index is 13.0. The molecule has 0 radical (unpaired) electrons. The Kier molecular flexibility index (Phi) is 5.20. The Morgan fingerprint density at radius 3 is 2.31 bits per heavy atom. The fourth-order valence-electron chi connectivity index (χ4n) is 3.31. The highest BCUT2D eigenvalue weighted by Crippen LogP contribution is 2.23. The van der Waals surface area contributed by atoms with Crippen LogP contribution in [0.2, 0.25) is 0 Å². The molecule has 5 nitrogen and oxygen atoms in total. The maximum Gasteiger partial charge on any atom is 0.364 e. The number of para-hydroxylation sites is 1. The second kappa shape index (κ2) is 8.10. The smallest absolute Gasteiger partial charge is 0.364 e. The van der Waals surface area contributed by atoms with E-state index >= 15 is 0 Å². The molecular weight excluding hydrogens is 364 g/mol. The normalized spacial score (nSPS) is 10.8. The van der Waals surface area contributed by atoms with Crippen molar-refractivity contribution in [2.45, 2.75) is 19.9 Å². The molecule has 0 spiro atoms. The van der Waals surface area contributed by atoms with Crippen LogP contribution in [0.3, 0.4) is 0 Å². The van der Waals surface area contributed by atoms with Crippen molar-refractivity contribution in [1.82, 2.24) is 9.78 Å². The lowest BCUT2D eigenvalue weighted by Gasteiger charge is -2.12. The predicted molar refractivity (Wildman–Crippen MR) is 112 cm³/mol. The predicted octanol–water partition coefficient (Wildman–Crippen LogP) is 4.23. The van der Waals surface area contributed by atoms with E-state index < -0.39 is 5.97 Å². The van der Waals surface area contributed by atoms with Gasteiger partial charge in [-0.25, -0.2) is 9.48 Å². The average Bonchev–Trinajstić information content (AvgIpc) is 2.76. The van der Waals surface area contributed by atoms with Crippen molar-refractivity contribution in [3.8, 4) is 5.75 Å². The third-order valence-electron chi connectivity index (χ3n) is 4.77. The summed E-state index contributed by atoms with van der Waals surface area (Å²) in [6.07, 6.45) is 0.646. The number of hydrogen-bond donors (Lipinski definition) is 0. The van der Waals surface area contributed by atoms with Crippen molar-refractivity contribution in [3.05, 3.63) is 106 Å². The number of nitrogens with zero attached hydrogens (tertiary/aromatic N) is 2. The standard InChI is InChI=1S/C24H20N2O3/c1-2-26-23(27)20-14-8-7-13-19(20)22(25-26)24(28)29-21-15-9-6-12-18(21)16-17-10-4-3-5-11-17/h3-15H,2,16H2,1H3. The van der Waals surface area contributed by atoms with Crippen LogP contribution in [-0.2, 0) is 13.0 Å². The molecule has 1 heterocycles. The van der Waals surface area contributed by atoms with Crippen LogP contribution in [0, 0.1) is 0 Å². The third kappa shape index (κ3) is 3.80. The Hall–Kier alpha value is -3.73. The van der Waals surface area contributed by atoms with Crippen LogP contribution in [-0.4, -0.2) is 15.7 Å². The number of benzene rings is 3. The quantitative estimate of drug-likeness (QED) is 0.382. The van der Waals surface area contributed by atoms with Crippen LogP contribution in [0.1, 0.15) is 28.5 Å². The fraction of sp³-hybridized carbons (Fsp3) is 0.125. The van der Waals surface area contributed by atoms with Gasteiger partial charge in [-0.05, 0) is 30.2 Å². The van der Waals surface area contributed by atoms with Crippen LogP contribution in [0.15, 0.2) is 83.7 Å². The lowest BCUT2D eigenvalue weighted by molar-refractivity contribution is 0.0726. The molecule has 3 aromatic carbocycles. The minimum absolute atomic E-state index is 0.136. The molecule has 4 aromatic rings. The van der Waals surface area contributed by atoms with Crippen molar-refractivity contribution in [3.63, 3.8) is 0 Å². The minimum atomic E-state index is -0.580. The number of aryl methyl sites for hydroxylation is 1. The molecule has 5 heteroatoms. The molecule has 0 atom stereocenters. The molecule has 0 amide bonds. The van der Waals surface area contributed by atoms with Gasteiger partial charge in [0.15, 0.2) is 5.69 Å². The summed E-state index contributed by atoms with van der Waals surface area (Å²) in [5.41, 5.74) is 1.94. The van der Waals surface area contributed by atoms with Gasteiger partial charge in [-0.15, -0.1) is 0 Å². The molecule has 0 fully saturated rings. The van der Waals surface area contributed by atoms with E-state index in [4.69, 9.17) is 4.74 Å². The summed E-state index contributed by atoms with van der Waals surface area (Å²) in [7, 11) is 0. The van der Waals surface area contributed by atoms with Crippen LogP contribution in [0.4, 0.5) is 0 Å². The molecule has 0 saturated heterocycles. The van der Waals surface area contributed by atoms with Gasteiger partial charge in [0.05, 0.1) is 5.39 Å². The lowest BCUT2D eigenvalue weighted by Crippen LogP contribution is -2.26. The second-order valence-corrected chi connectivity index (χ2v) is 6.67. The number of hydrogen-bond acceptors (Lipinski definition) is 4. The topological polar surface area (TPSA) is 61.2 Å². The molecule has 1 aromatic heterocycles. The summed E-state index contributed by atoms with van der Waals surface area (Å²) in [6, 6.07) is 24.4. The zero-order valence-electron chi connectivity index (χ0n) is 16.0. The average molecular weight is 384 g/mol. The summed E-state index contributed by atoms with van der Waals surface area (Å²) in [5, 5.41) is 5.20. The highest BCUT2D eigenvalue weighted by molar-refractivity contribution is 6.02. The molecule has 4 rings (SSSR count). The van der Waals surface area contributed by atoms with Crippen molar-refractivity contribution >= 4 is 16.7 Å². The van der Waals surface area contributed by atoms with Gasteiger partial charge in [-0.1, -0.05) is 66.7 Å². The van der Waals surface area contributed by atoms with Crippen molar-refractivity contribution in [1.29, 1.82) is 0 Å². The van der Waals surface area contributed by atoms with Crippen molar-refractivity contribution in [2.75, 3.05) is 0 Å². The van der Waals surface area contributed by atoms with Crippen LogP contribution < -0.4 is 10.3 Å². The van der Waals surface area contributed by atoms with Crippen LogP contribution >= 0.6 is 0 Å². The lowest BCUT2D eigenvalue weighted by atomic mass is 10.0. The number of rotatable bonds is 5. The van der Waals surface area contributed by atoms with Gasteiger partial charge in [0.2, 0.25) is 0 Å². The first kappa shape index (κ1) is 18.6. The summed E-state index contributed by atoms with van der Waals surface area (Å²) < 4.78 is 7.02. The number of aromatic nitrogens is 2. The van der Waals surface area contributed by atoms with Gasteiger partial charge in [0.25, 0.3) is 5.56 Å². The highest BCUT2D eigenvalue weighted by atomic mass is 16.5. The highest BCUT2D eigenvalue weighted by Gasteiger charge is 2.19. The van der Waals surface area contributed by atoms with Gasteiger partial charge in [0, 0.05) is 18.4 Å². The molecule has 0 saturated carbocycles. The number of carbonyl (C=O) groups excluding carboxylic acids is 1. The van der Waals surface area contributed by atoms with Crippen LogP contribution in [0.25, 0.3) is 10.8 Å². The third-order valence-corrected chi connectivity index (χ3v) is 4.77. The second-order valence-electron chi connectivity index (χ2n) is 6.67. The molecule has 0 aliphatic rings. The van der Waals surface area contributed by atoms with Crippen molar-refractivity contribution in [2.24, 2.45) is 0 Å². The van der Waals surface area contributed by atoms with Gasteiger partial charge in [-0.2, -0.15) is 5.10 Å². The molecular formula is C24H20N2O3. The van der Waals surface area contributed by atoms with E-state index in [1.165, 1.54) is 4.68 Å². The SMILES string of the molecule is CCn1nc(C(=O)Oc2ccccc2Cc2ccccc2)c2ccccc2c1=O. The van der Waals surface area contributed by atoms with Gasteiger partial charge < -0.3 is 4.74 Å². The Balaban J connectivity index is 1.71. The first-order valence-corrected chi connectivity index (χ1v) is 9.51. The fourth-order valence-corrected chi connectivity index (χ4v) is 3.31. The maximum atomic E-state index is 13.0. The van der Waals surface area contributed by atoms with E-state index in [0.717, 1.165) is 11.1 Å². The summed E-state index contributed by atoms with van der Waals surface area (Å²) in [6.45, 7) is 2.18. The summed E-state index contributed by atoms with van der Waals surface area (Å²) in [4.78, 5) is 25.5. The van der Waals surface area contributed by atoms with E-state index in [1.807, 2.05) is 55.5 Å². The van der Waals surface area contributed by atoms with Gasteiger partial charge in [-0.3, -0.25) is 4.79 Å². The monoisotopic (exact) mass is 384 g/mol. The first-order valence-electron chi connectivity index (χ1n) is 9.51. The van der Waals surface area contributed by atoms with Gasteiger partial charge in [0.1, 0.15) is 5.75 Å². The Bertz CT molecular complexity index is 1230. The molecule has 144 valence electrons. The Morgan fingerprint density at radius 2 is 1.55 bits per heavy atom. The largest absolute Gasteiger partial charge is 0.421 e. The molecule has 0 aliphatic carbocycles. The zero-order valence-corrected chi connectivity index (χ0v) is 16.0. The number of carbonyl (C=O) groups is 1. The summed E-state index contributed by atoms with van der Waals surface area (Å²) in [5.74, 6) is -0.0922. The molecule has 0 bridgehead atoms. The van der Waals surface area contributed by atoms with E-state index in [2.05, 4.69) is 5.10 Å². The molecule has 0 N–H and O–H groups in total. The number of fused-ring (bicyclic) bond motifs is 1. The number of esters is 1. The van der Waals surface area contributed by atoms with E-state index in [9.17, 15) is 9.59 Å².